The van der Waals surface area contributed by atoms with Crippen molar-refractivity contribution in [3.63, 3.8) is 0 Å². The molecule has 0 aliphatic carbocycles. The molecule has 5 nitrogen and oxygen atoms in total. The minimum absolute atomic E-state index is 0.307. The van der Waals surface area contributed by atoms with Gasteiger partial charge in [-0.1, -0.05) is 23.2 Å². The molecule has 110 valence electrons. The second-order valence-corrected chi connectivity index (χ2v) is 5.70. The zero-order chi connectivity index (χ0) is 15.1. The maximum atomic E-state index is 11.7. The number of carboxylic acid groups (broad SMARTS) is 1. The van der Waals surface area contributed by atoms with Crippen LogP contribution >= 0.6 is 35.0 Å². The first kappa shape index (κ1) is 16.9. The van der Waals surface area contributed by atoms with Crippen molar-refractivity contribution in [2.75, 3.05) is 17.3 Å². The van der Waals surface area contributed by atoms with Gasteiger partial charge in [-0.15, -0.1) is 0 Å². The largest absolute Gasteiger partial charge is 0.480 e. The van der Waals surface area contributed by atoms with Crippen molar-refractivity contribution in [1.29, 1.82) is 0 Å². The molecule has 0 bridgehead atoms. The summed E-state index contributed by atoms with van der Waals surface area (Å²) < 4.78 is 0. The monoisotopic (exact) mass is 336 g/mol. The summed E-state index contributed by atoms with van der Waals surface area (Å²) in [5.41, 5.74) is 0.436. The summed E-state index contributed by atoms with van der Waals surface area (Å²) in [6, 6.07) is 3.08. The number of carbonyl (C=O) groups excluding carboxylic acids is 1. The fraction of sp³-hybridized carbons (Fsp3) is 0.333. The van der Waals surface area contributed by atoms with Gasteiger partial charge in [0.25, 0.3) is 0 Å². The molecule has 1 unspecified atom stereocenters. The minimum Gasteiger partial charge on any atom is -0.480 e. The van der Waals surface area contributed by atoms with Crippen LogP contribution in [0.15, 0.2) is 18.2 Å². The quantitative estimate of drug-likeness (QED) is 0.744. The Bertz CT molecular complexity index is 500. The van der Waals surface area contributed by atoms with Crippen LogP contribution in [0, 0.1) is 0 Å². The number of benzene rings is 1. The Morgan fingerprint density at radius 2 is 2.05 bits per heavy atom. The number of anilines is 1. The summed E-state index contributed by atoms with van der Waals surface area (Å²) in [7, 11) is 0. The second kappa shape index (κ2) is 8.24. The van der Waals surface area contributed by atoms with Crippen LogP contribution in [0.4, 0.5) is 10.5 Å². The van der Waals surface area contributed by atoms with Crippen LogP contribution in [0.5, 0.6) is 0 Å². The lowest BCUT2D eigenvalue weighted by Crippen LogP contribution is -2.43. The van der Waals surface area contributed by atoms with E-state index in [-0.39, 0.29) is 0 Å². The molecule has 0 radical (unpaired) electrons. The molecule has 0 aromatic heterocycles. The molecule has 0 aliphatic heterocycles. The Balaban J connectivity index is 2.60. The van der Waals surface area contributed by atoms with Crippen molar-refractivity contribution in [2.24, 2.45) is 0 Å². The summed E-state index contributed by atoms with van der Waals surface area (Å²) in [5, 5.41) is 14.6. The first-order valence-electron chi connectivity index (χ1n) is 5.68. The van der Waals surface area contributed by atoms with Crippen molar-refractivity contribution in [1.82, 2.24) is 5.32 Å². The first-order valence-corrected chi connectivity index (χ1v) is 7.83. The molecule has 0 spiro atoms. The van der Waals surface area contributed by atoms with Gasteiger partial charge < -0.3 is 15.7 Å². The molecule has 8 heteroatoms. The van der Waals surface area contributed by atoms with E-state index in [4.69, 9.17) is 28.3 Å². The van der Waals surface area contributed by atoms with Crippen molar-refractivity contribution in [3.8, 4) is 0 Å². The Morgan fingerprint density at radius 3 is 2.60 bits per heavy atom. The molecular weight excluding hydrogens is 323 g/mol. The van der Waals surface area contributed by atoms with Crippen molar-refractivity contribution in [2.45, 2.75) is 12.5 Å². The summed E-state index contributed by atoms with van der Waals surface area (Å²) in [4.78, 5) is 22.7. The smallest absolute Gasteiger partial charge is 0.326 e. The highest BCUT2D eigenvalue weighted by Crippen LogP contribution is 2.24. The third kappa shape index (κ3) is 5.48. The predicted molar refractivity (Wildman–Crippen MR) is 83.0 cm³/mol. The number of hydrogen-bond donors (Lipinski definition) is 3. The SMILES string of the molecule is CSCCC(NC(=O)Nc1ccc(Cl)c(Cl)c1)C(=O)O. The van der Waals surface area contributed by atoms with Crippen LogP contribution in [-0.4, -0.2) is 35.2 Å². The van der Waals surface area contributed by atoms with Crippen LogP contribution in [0.3, 0.4) is 0 Å². The zero-order valence-corrected chi connectivity index (χ0v) is 13.0. The average molecular weight is 337 g/mol. The minimum atomic E-state index is -1.07. The summed E-state index contributed by atoms with van der Waals surface area (Å²) in [6.07, 6.45) is 2.22. The van der Waals surface area contributed by atoms with Crippen LogP contribution < -0.4 is 10.6 Å². The molecule has 1 aromatic rings. The van der Waals surface area contributed by atoms with Gasteiger partial charge in [0, 0.05) is 5.69 Å². The lowest BCUT2D eigenvalue weighted by atomic mass is 10.2. The Morgan fingerprint density at radius 1 is 1.35 bits per heavy atom. The molecule has 20 heavy (non-hydrogen) atoms. The number of rotatable bonds is 6. The van der Waals surface area contributed by atoms with E-state index < -0.39 is 18.0 Å². The van der Waals surface area contributed by atoms with Gasteiger partial charge in [-0.05, 0) is 36.6 Å². The lowest BCUT2D eigenvalue weighted by molar-refractivity contribution is -0.139. The zero-order valence-electron chi connectivity index (χ0n) is 10.7. The average Bonchev–Trinajstić information content (AvgIpc) is 2.38. The number of amides is 2. The van der Waals surface area contributed by atoms with Gasteiger partial charge in [0.15, 0.2) is 0 Å². The third-order valence-electron chi connectivity index (χ3n) is 2.39. The van der Waals surface area contributed by atoms with Gasteiger partial charge >= 0.3 is 12.0 Å². The van der Waals surface area contributed by atoms with Crippen LogP contribution in [0.2, 0.25) is 10.0 Å². The summed E-state index contributed by atoms with van der Waals surface area (Å²) in [5.74, 6) is -0.423. The molecule has 2 amide bonds. The number of hydrogen-bond acceptors (Lipinski definition) is 3. The van der Waals surface area contributed by atoms with Crippen molar-refractivity contribution >= 4 is 52.7 Å². The highest BCUT2D eigenvalue weighted by atomic mass is 35.5. The molecule has 3 N–H and O–H groups in total. The second-order valence-electron chi connectivity index (χ2n) is 3.90. The van der Waals surface area contributed by atoms with Gasteiger partial charge in [-0.3, -0.25) is 0 Å². The number of aliphatic carboxylic acids is 1. The number of nitrogens with one attached hydrogen (secondary N) is 2. The molecule has 0 heterocycles. The number of urea groups is 1. The van der Waals surface area contributed by atoms with E-state index in [0.29, 0.717) is 27.9 Å². The van der Waals surface area contributed by atoms with Crippen molar-refractivity contribution in [3.05, 3.63) is 28.2 Å². The van der Waals surface area contributed by atoms with Gasteiger partial charge in [0.05, 0.1) is 10.0 Å². The van der Waals surface area contributed by atoms with E-state index >= 15 is 0 Å². The first-order chi connectivity index (χ1) is 9.43. The van der Waals surface area contributed by atoms with E-state index in [1.54, 1.807) is 12.1 Å². The molecular formula is C12H14Cl2N2O3S. The molecule has 0 fully saturated rings. The van der Waals surface area contributed by atoms with E-state index in [0.717, 1.165) is 0 Å². The topological polar surface area (TPSA) is 78.4 Å². The maximum Gasteiger partial charge on any atom is 0.326 e. The fourth-order valence-corrected chi connectivity index (χ4v) is 2.16. The maximum absolute atomic E-state index is 11.7. The third-order valence-corrected chi connectivity index (χ3v) is 3.77. The number of thioether (sulfide) groups is 1. The van der Waals surface area contributed by atoms with E-state index in [1.165, 1.54) is 17.8 Å². The lowest BCUT2D eigenvalue weighted by Gasteiger charge is -2.14. The van der Waals surface area contributed by atoms with Crippen molar-refractivity contribution < 1.29 is 14.7 Å². The number of carbonyl (C=O) groups is 2. The Hall–Kier alpha value is -1.11. The molecule has 1 rings (SSSR count). The van der Waals surface area contributed by atoms with Crippen LogP contribution in [-0.2, 0) is 4.79 Å². The van der Waals surface area contributed by atoms with E-state index in [1.807, 2.05) is 6.26 Å². The highest BCUT2D eigenvalue weighted by Gasteiger charge is 2.19. The highest BCUT2D eigenvalue weighted by molar-refractivity contribution is 7.98. The Kier molecular flexibility index (Phi) is 6.98. The van der Waals surface area contributed by atoms with Gasteiger partial charge in [-0.2, -0.15) is 11.8 Å². The van der Waals surface area contributed by atoms with Crippen LogP contribution in [0.1, 0.15) is 6.42 Å². The Labute approximate surface area is 131 Å². The predicted octanol–water partition coefficient (Wildman–Crippen LogP) is 3.32. The molecule has 0 aliphatic rings. The normalized spacial score (nSPS) is 11.8. The standard InChI is InChI=1S/C12H14Cl2N2O3S/c1-20-5-4-10(11(17)18)16-12(19)15-7-2-3-8(13)9(14)6-7/h2-3,6,10H,4-5H2,1H3,(H,17,18)(H2,15,16,19). The summed E-state index contributed by atoms with van der Waals surface area (Å²) in [6.45, 7) is 0. The van der Waals surface area contributed by atoms with Gasteiger partial charge in [0.1, 0.15) is 6.04 Å². The van der Waals surface area contributed by atoms with Gasteiger partial charge in [-0.25, -0.2) is 9.59 Å². The van der Waals surface area contributed by atoms with Gasteiger partial charge in [0.2, 0.25) is 0 Å². The molecule has 0 saturated carbocycles. The molecule has 0 saturated heterocycles. The number of halogens is 2. The van der Waals surface area contributed by atoms with Crippen LogP contribution in [0.25, 0.3) is 0 Å². The molecule has 1 atom stereocenters. The van der Waals surface area contributed by atoms with E-state index in [2.05, 4.69) is 10.6 Å². The molecule has 1 aromatic carbocycles. The fourth-order valence-electron chi connectivity index (χ4n) is 1.39. The van der Waals surface area contributed by atoms with E-state index in [9.17, 15) is 9.59 Å². The number of carboxylic acids is 1. The summed E-state index contributed by atoms with van der Waals surface area (Å²) >= 11 is 13.1.